The van der Waals surface area contributed by atoms with Crippen LogP contribution >= 0.6 is 0 Å². The fourth-order valence-electron chi connectivity index (χ4n) is 5.58. The number of hydrogen-bond donors (Lipinski definition) is 3. The first-order valence-corrected chi connectivity index (χ1v) is 20.0. The zero-order valence-corrected chi connectivity index (χ0v) is 31.5. The molecule has 0 aromatic heterocycles. The fraction of sp³-hybridized carbons (Fsp3) is 0.738. The highest BCUT2D eigenvalue weighted by Crippen LogP contribution is 2.13. The van der Waals surface area contributed by atoms with Crippen molar-refractivity contribution in [2.75, 3.05) is 6.54 Å². The summed E-state index contributed by atoms with van der Waals surface area (Å²) in [6.07, 6.45) is 43.6. The van der Waals surface area contributed by atoms with Crippen molar-refractivity contribution in [1.29, 1.82) is 0 Å². The molecule has 0 aliphatic rings. The Morgan fingerprint density at radius 1 is 0.633 bits per heavy atom. The van der Waals surface area contributed by atoms with Gasteiger partial charge in [-0.1, -0.05) is 127 Å². The first kappa shape index (κ1) is 46.3. The number of carboxylic acid groups (broad SMARTS) is 1. The van der Waals surface area contributed by atoms with Crippen LogP contribution in [0.5, 0.6) is 0 Å². The quantitative estimate of drug-likeness (QED) is 0.0347. The Hall–Kier alpha value is -2.67. The van der Waals surface area contributed by atoms with Crippen LogP contribution in [0.15, 0.2) is 48.6 Å². The summed E-state index contributed by atoms with van der Waals surface area (Å²) in [4.78, 5) is 36.0. The van der Waals surface area contributed by atoms with Crippen molar-refractivity contribution < 1.29 is 24.2 Å². The lowest BCUT2D eigenvalue weighted by Gasteiger charge is -2.13. The Labute approximate surface area is 300 Å². The van der Waals surface area contributed by atoms with Crippen LogP contribution in [-0.2, 0) is 19.1 Å². The van der Waals surface area contributed by atoms with Gasteiger partial charge in [-0.15, -0.1) is 0 Å². The molecule has 0 bridgehead atoms. The second-order valence-corrected chi connectivity index (χ2v) is 13.3. The van der Waals surface area contributed by atoms with E-state index in [2.05, 4.69) is 43.5 Å². The average Bonchev–Trinajstić information content (AvgIpc) is 3.08. The third-order valence-corrected chi connectivity index (χ3v) is 8.59. The number of nitrogens with one attached hydrogen (secondary N) is 1. The predicted octanol–water partition coefficient (Wildman–Crippen LogP) is 10.8. The van der Waals surface area contributed by atoms with Crippen molar-refractivity contribution >= 4 is 17.8 Å². The SMILES string of the molecule is CC/C=C\C/C=C\C(/C=C\CCCCCC(=O)NC(CCCN)C(=O)O)OC(=O)CCCCCCCCC/C=C\CCCCCCCCC. The molecule has 0 radical (unpaired) electrons. The van der Waals surface area contributed by atoms with Crippen LogP contribution in [0.25, 0.3) is 0 Å². The highest BCUT2D eigenvalue weighted by molar-refractivity contribution is 5.83. The van der Waals surface area contributed by atoms with E-state index >= 15 is 0 Å². The van der Waals surface area contributed by atoms with Gasteiger partial charge in [0.05, 0.1) is 0 Å². The second-order valence-electron chi connectivity index (χ2n) is 13.3. The molecule has 0 saturated heterocycles. The van der Waals surface area contributed by atoms with Gasteiger partial charge in [-0.3, -0.25) is 9.59 Å². The van der Waals surface area contributed by atoms with Gasteiger partial charge in [0.2, 0.25) is 5.91 Å². The van der Waals surface area contributed by atoms with Crippen LogP contribution in [0.2, 0.25) is 0 Å². The van der Waals surface area contributed by atoms with E-state index in [1.807, 2.05) is 24.3 Å². The minimum atomic E-state index is -1.02. The first-order valence-electron chi connectivity index (χ1n) is 20.0. The van der Waals surface area contributed by atoms with Crippen LogP contribution in [0.1, 0.15) is 181 Å². The van der Waals surface area contributed by atoms with Crippen LogP contribution in [0, 0.1) is 0 Å². The molecule has 49 heavy (non-hydrogen) atoms. The first-order chi connectivity index (χ1) is 23.9. The largest absolute Gasteiger partial charge is 0.480 e. The summed E-state index contributed by atoms with van der Waals surface area (Å²) in [5, 5.41) is 11.8. The van der Waals surface area contributed by atoms with Gasteiger partial charge in [0.15, 0.2) is 0 Å². The number of unbranched alkanes of at least 4 members (excludes halogenated alkanes) is 17. The minimum absolute atomic E-state index is 0.149. The fourth-order valence-corrected chi connectivity index (χ4v) is 5.58. The van der Waals surface area contributed by atoms with Crippen LogP contribution < -0.4 is 11.1 Å². The summed E-state index contributed by atoms with van der Waals surface area (Å²) >= 11 is 0. The lowest BCUT2D eigenvalue weighted by Crippen LogP contribution is -2.40. The molecule has 282 valence electrons. The van der Waals surface area contributed by atoms with Gasteiger partial charge < -0.3 is 20.9 Å². The number of allylic oxidation sites excluding steroid dienone is 6. The van der Waals surface area contributed by atoms with Gasteiger partial charge in [-0.05, 0) is 95.7 Å². The van der Waals surface area contributed by atoms with Crippen molar-refractivity contribution in [2.45, 2.75) is 193 Å². The smallest absolute Gasteiger partial charge is 0.326 e. The number of nitrogens with two attached hydrogens (primary N) is 1. The maximum Gasteiger partial charge on any atom is 0.326 e. The van der Waals surface area contributed by atoms with E-state index in [4.69, 9.17) is 10.5 Å². The summed E-state index contributed by atoms with van der Waals surface area (Å²) in [5.41, 5.74) is 5.46. The Kier molecular flexibility index (Phi) is 34.6. The number of hydrogen-bond acceptors (Lipinski definition) is 5. The monoisotopic (exact) mass is 687 g/mol. The van der Waals surface area contributed by atoms with E-state index in [1.54, 1.807) is 0 Å². The molecular weight excluding hydrogens is 612 g/mol. The number of carbonyl (C=O) groups excluding carboxylic acids is 2. The Balaban J connectivity index is 4.15. The van der Waals surface area contributed by atoms with Crippen molar-refractivity contribution in [3.05, 3.63) is 48.6 Å². The Morgan fingerprint density at radius 2 is 1.16 bits per heavy atom. The van der Waals surface area contributed by atoms with E-state index in [0.29, 0.717) is 38.6 Å². The maximum atomic E-state index is 12.6. The average molecular weight is 687 g/mol. The molecule has 0 aromatic rings. The third kappa shape index (κ3) is 33.6. The zero-order chi connectivity index (χ0) is 36.0. The van der Waals surface area contributed by atoms with Gasteiger partial charge in [0, 0.05) is 12.8 Å². The third-order valence-electron chi connectivity index (χ3n) is 8.59. The molecule has 0 rings (SSSR count). The highest BCUT2D eigenvalue weighted by Gasteiger charge is 2.18. The standard InChI is InChI=1S/C42H74N2O5/c1-3-5-7-9-10-11-12-13-14-15-16-17-18-19-20-21-26-30-36-41(46)49-38(32-27-23-8-6-4-2)33-28-24-22-25-29-35-40(45)44-39(42(47)48)34-31-37-43/h6,8,14-15,27-28,32-33,38-39H,3-5,7,9-13,16-26,29-31,34-37,43H2,1-2H3,(H,44,45)(H,47,48)/b8-6-,15-14-,32-27-,33-28-. The summed E-state index contributed by atoms with van der Waals surface area (Å²) in [6.45, 7) is 4.78. The minimum Gasteiger partial charge on any atom is -0.480 e. The molecule has 0 aliphatic heterocycles. The second kappa shape index (κ2) is 36.6. The van der Waals surface area contributed by atoms with Crippen molar-refractivity contribution in [3.8, 4) is 0 Å². The molecule has 0 fully saturated rings. The highest BCUT2D eigenvalue weighted by atomic mass is 16.5. The lowest BCUT2D eigenvalue weighted by molar-refractivity contribution is -0.145. The summed E-state index contributed by atoms with van der Waals surface area (Å²) in [7, 11) is 0. The molecule has 0 saturated carbocycles. The molecule has 7 nitrogen and oxygen atoms in total. The summed E-state index contributed by atoms with van der Waals surface area (Å²) in [5.74, 6) is -1.41. The topological polar surface area (TPSA) is 119 Å². The van der Waals surface area contributed by atoms with Crippen LogP contribution in [0.3, 0.4) is 0 Å². The van der Waals surface area contributed by atoms with E-state index in [1.165, 1.54) is 89.9 Å². The van der Waals surface area contributed by atoms with Crippen molar-refractivity contribution in [1.82, 2.24) is 5.32 Å². The van der Waals surface area contributed by atoms with Gasteiger partial charge in [-0.25, -0.2) is 4.79 Å². The molecule has 0 aromatic carbocycles. The van der Waals surface area contributed by atoms with Gasteiger partial charge >= 0.3 is 11.9 Å². The number of carboxylic acids is 1. The van der Waals surface area contributed by atoms with E-state index in [9.17, 15) is 19.5 Å². The maximum absolute atomic E-state index is 12.6. The molecule has 4 N–H and O–H groups in total. The summed E-state index contributed by atoms with van der Waals surface area (Å²) < 4.78 is 5.78. The number of carbonyl (C=O) groups is 3. The number of rotatable bonds is 35. The van der Waals surface area contributed by atoms with Gasteiger partial charge in [0.25, 0.3) is 0 Å². The molecule has 2 atom stereocenters. The number of aliphatic carboxylic acids is 1. The van der Waals surface area contributed by atoms with E-state index in [0.717, 1.165) is 44.9 Å². The number of ether oxygens (including phenoxy) is 1. The molecule has 2 unspecified atom stereocenters. The zero-order valence-electron chi connectivity index (χ0n) is 31.5. The van der Waals surface area contributed by atoms with Crippen LogP contribution in [0.4, 0.5) is 0 Å². The van der Waals surface area contributed by atoms with Gasteiger partial charge in [0.1, 0.15) is 12.1 Å². The van der Waals surface area contributed by atoms with Crippen LogP contribution in [-0.4, -0.2) is 41.6 Å². The van der Waals surface area contributed by atoms with Crippen molar-refractivity contribution in [3.63, 3.8) is 0 Å². The Morgan fingerprint density at radius 3 is 1.76 bits per heavy atom. The molecular formula is C42H74N2O5. The molecule has 1 amide bonds. The molecule has 0 spiro atoms. The molecule has 7 heteroatoms. The van der Waals surface area contributed by atoms with Gasteiger partial charge in [-0.2, -0.15) is 0 Å². The van der Waals surface area contributed by atoms with Crippen molar-refractivity contribution in [2.24, 2.45) is 5.73 Å². The number of amides is 1. The Bertz CT molecular complexity index is 911. The van der Waals surface area contributed by atoms with E-state index in [-0.39, 0.29) is 18.0 Å². The van der Waals surface area contributed by atoms with E-state index < -0.39 is 12.0 Å². The molecule has 0 aliphatic carbocycles. The lowest BCUT2D eigenvalue weighted by atomic mass is 10.1. The normalized spacial score (nSPS) is 13.2. The molecule has 0 heterocycles. The number of esters is 1. The summed E-state index contributed by atoms with van der Waals surface area (Å²) in [6, 6.07) is -0.874. The predicted molar refractivity (Wildman–Crippen MR) is 206 cm³/mol.